The van der Waals surface area contributed by atoms with E-state index in [-0.39, 0.29) is 18.4 Å². The molecule has 1 amide bonds. The quantitative estimate of drug-likeness (QED) is 0.720. The Morgan fingerprint density at radius 3 is 2.65 bits per heavy atom. The minimum atomic E-state index is -0.944. The second kappa shape index (κ2) is 6.42. The van der Waals surface area contributed by atoms with E-state index in [1.165, 1.54) is 4.90 Å². The van der Waals surface area contributed by atoms with Gasteiger partial charge in [-0.1, -0.05) is 26.0 Å². The SMILES string of the molecule is CC(C)CN(CC(=O)O)C(=O)CC1C=CCC1. The molecule has 1 unspecified atom stereocenters. The van der Waals surface area contributed by atoms with E-state index in [4.69, 9.17) is 5.11 Å². The van der Waals surface area contributed by atoms with E-state index in [1.54, 1.807) is 0 Å². The Hall–Kier alpha value is -1.32. The van der Waals surface area contributed by atoms with E-state index < -0.39 is 5.97 Å². The van der Waals surface area contributed by atoms with Gasteiger partial charge in [0.25, 0.3) is 0 Å². The van der Waals surface area contributed by atoms with Crippen LogP contribution in [0.15, 0.2) is 12.2 Å². The van der Waals surface area contributed by atoms with Crippen LogP contribution in [0.25, 0.3) is 0 Å². The average Bonchev–Trinajstić information content (AvgIpc) is 2.67. The Balaban J connectivity index is 2.51. The Labute approximate surface area is 102 Å². The minimum Gasteiger partial charge on any atom is -0.480 e. The van der Waals surface area contributed by atoms with Gasteiger partial charge in [-0.3, -0.25) is 9.59 Å². The Kier molecular flexibility index (Phi) is 5.19. The molecule has 0 aromatic rings. The van der Waals surface area contributed by atoms with E-state index in [0.29, 0.717) is 18.9 Å². The molecular weight excluding hydrogens is 218 g/mol. The van der Waals surface area contributed by atoms with E-state index in [0.717, 1.165) is 12.8 Å². The number of rotatable bonds is 6. The fraction of sp³-hybridized carbons (Fsp3) is 0.692. The molecule has 0 aromatic heterocycles. The molecule has 4 heteroatoms. The van der Waals surface area contributed by atoms with Crippen molar-refractivity contribution in [3.05, 3.63) is 12.2 Å². The predicted molar refractivity (Wildman–Crippen MR) is 65.5 cm³/mol. The van der Waals surface area contributed by atoms with Crippen LogP contribution in [0.5, 0.6) is 0 Å². The van der Waals surface area contributed by atoms with Crippen molar-refractivity contribution in [1.29, 1.82) is 0 Å². The predicted octanol–water partition coefficient (Wildman–Crippen LogP) is 1.91. The van der Waals surface area contributed by atoms with Gasteiger partial charge in [-0.2, -0.15) is 0 Å². The summed E-state index contributed by atoms with van der Waals surface area (Å²) in [7, 11) is 0. The largest absolute Gasteiger partial charge is 0.480 e. The van der Waals surface area contributed by atoms with Crippen LogP contribution in [-0.4, -0.2) is 35.0 Å². The molecule has 0 heterocycles. The first-order valence-electron chi connectivity index (χ1n) is 6.15. The highest BCUT2D eigenvalue weighted by atomic mass is 16.4. The normalized spacial score (nSPS) is 18.6. The van der Waals surface area contributed by atoms with Gasteiger partial charge in [0.05, 0.1) is 0 Å². The number of aliphatic carboxylic acids is 1. The number of allylic oxidation sites excluding steroid dienone is 2. The smallest absolute Gasteiger partial charge is 0.323 e. The first kappa shape index (κ1) is 13.7. The molecule has 1 rings (SSSR count). The van der Waals surface area contributed by atoms with E-state index in [9.17, 15) is 9.59 Å². The zero-order valence-corrected chi connectivity index (χ0v) is 10.6. The highest BCUT2D eigenvalue weighted by molar-refractivity contribution is 5.81. The number of hydrogen-bond acceptors (Lipinski definition) is 2. The number of carboxylic acids is 1. The van der Waals surface area contributed by atoms with E-state index >= 15 is 0 Å². The zero-order chi connectivity index (χ0) is 12.8. The molecule has 1 atom stereocenters. The maximum Gasteiger partial charge on any atom is 0.323 e. The Morgan fingerprint density at radius 2 is 2.18 bits per heavy atom. The highest BCUT2D eigenvalue weighted by Crippen LogP contribution is 2.21. The number of amides is 1. The summed E-state index contributed by atoms with van der Waals surface area (Å²) in [6.07, 6.45) is 6.63. The van der Waals surface area contributed by atoms with Crippen molar-refractivity contribution < 1.29 is 14.7 Å². The van der Waals surface area contributed by atoms with Crippen molar-refractivity contribution in [2.45, 2.75) is 33.1 Å². The average molecular weight is 239 g/mol. The van der Waals surface area contributed by atoms with Crippen LogP contribution >= 0.6 is 0 Å². The number of carbonyl (C=O) groups is 2. The molecule has 1 N–H and O–H groups in total. The van der Waals surface area contributed by atoms with Gasteiger partial charge in [0, 0.05) is 13.0 Å². The van der Waals surface area contributed by atoms with Crippen molar-refractivity contribution in [3.63, 3.8) is 0 Å². The van der Waals surface area contributed by atoms with Gasteiger partial charge < -0.3 is 10.0 Å². The highest BCUT2D eigenvalue weighted by Gasteiger charge is 2.21. The van der Waals surface area contributed by atoms with E-state index in [1.807, 2.05) is 13.8 Å². The van der Waals surface area contributed by atoms with Crippen molar-refractivity contribution in [2.24, 2.45) is 11.8 Å². The van der Waals surface area contributed by atoms with Crippen molar-refractivity contribution in [2.75, 3.05) is 13.1 Å². The summed E-state index contributed by atoms with van der Waals surface area (Å²) in [6, 6.07) is 0. The molecule has 96 valence electrons. The molecule has 0 spiro atoms. The molecule has 0 saturated carbocycles. The topological polar surface area (TPSA) is 57.6 Å². The summed E-state index contributed by atoms with van der Waals surface area (Å²) >= 11 is 0. The van der Waals surface area contributed by atoms with Gasteiger partial charge in [-0.05, 0) is 24.7 Å². The molecule has 17 heavy (non-hydrogen) atoms. The van der Waals surface area contributed by atoms with Crippen LogP contribution in [0.1, 0.15) is 33.1 Å². The van der Waals surface area contributed by atoms with Crippen LogP contribution in [-0.2, 0) is 9.59 Å². The lowest BCUT2D eigenvalue weighted by Gasteiger charge is -2.23. The van der Waals surface area contributed by atoms with Crippen LogP contribution in [0.2, 0.25) is 0 Å². The summed E-state index contributed by atoms with van der Waals surface area (Å²) in [6.45, 7) is 4.30. The standard InChI is InChI=1S/C13H21NO3/c1-10(2)8-14(9-13(16)17)12(15)7-11-5-3-4-6-11/h3,5,10-11H,4,6-9H2,1-2H3,(H,16,17). The van der Waals surface area contributed by atoms with Crippen LogP contribution in [0.3, 0.4) is 0 Å². The maximum atomic E-state index is 12.0. The van der Waals surface area contributed by atoms with Gasteiger partial charge in [0.15, 0.2) is 0 Å². The van der Waals surface area contributed by atoms with Crippen LogP contribution in [0.4, 0.5) is 0 Å². The van der Waals surface area contributed by atoms with Crippen molar-refractivity contribution in [1.82, 2.24) is 4.90 Å². The molecule has 0 aromatic carbocycles. The molecule has 4 nitrogen and oxygen atoms in total. The van der Waals surface area contributed by atoms with Gasteiger partial charge >= 0.3 is 5.97 Å². The molecule has 1 aliphatic rings. The lowest BCUT2D eigenvalue weighted by Crippen LogP contribution is -2.38. The van der Waals surface area contributed by atoms with Crippen LogP contribution < -0.4 is 0 Å². The maximum absolute atomic E-state index is 12.0. The van der Waals surface area contributed by atoms with Gasteiger partial charge in [-0.15, -0.1) is 0 Å². The Bertz CT molecular complexity index is 310. The van der Waals surface area contributed by atoms with Crippen LogP contribution in [0, 0.1) is 11.8 Å². The second-order valence-corrected chi connectivity index (χ2v) is 5.03. The molecule has 0 aliphatic heterocycles. The summed E-state index contributed by atoms with van der Waals surface area (Å²) < 4.78 is 0. The first-order valence-corrected chi connectivity index (χ1v) is 6.15. The molecular formula is C13H21NO3. The first-order chi connectivity index (χ1) is 7.99. The molecule has 1 aliphatic carbocycles. The summed E-state index contributed by atoms with van der Waals surface area (Å²) in [5.41, 5.74) is 0. The number of carboxylic acid groups (broad SMARTS) is 1. The summed E-state index contributed by atoms with van der Waals surface area (Å²) in [5.74, 6) is -0.401. The minimum absolute atomic E-state index is 0.0438. The number of hydrogen-bond donors (Lipinski definition) is 1. The fourth-order valence-corrected chi connectivity index (χ4v) is 2.08. The Morgan fingerprint density at radius 1 is 1.47 bits per heavy atom. The van der Waals surface area contributed by atoms with Gasteiger partial charge in [-0.25, -0.2) is 0 Å². The monoisotopic (exact) mass is 239 g/mol. The number of carbonyl (C=O) groups excluding carboxylic acids is 1. The molecule has 0 radical (unpaired) electrons. The number of nitrogens with zero attached hydrogens (tertiary/aromatic N) is 1. The summed E-state index contributed by atoms with van der Waals surface area (Å²) in [5, 5.41) is 8.80. The van der Waals surface area contributed by atoms with E-state index in [2.05, 4.69) is 12.2 Å². The zero-order valence-electron chi connectivity index (χ0n) is 10.6. The molecule has 0 bridgehead atoms. The lowest BCUT2D eigenvalue weighted by atomic mass is 10.0. The third-order valence-corrected chi connectivity index (χ3v) is 2.81. The summed E-state index contributed by atoms with van der Waals surface area (Å²) in [4.78, 5) is 24.2. The molecule has 0 fully saturated rings. The fourth-order valence-electron chi connectivity index (χ4n) is 2.08. The third-order valence-electron chi connectivity index (χ3n) is 2.81. The second-order valence-electron chi connectivity index (χ2n) is 5.03. The van der Waals surface area contributed by atoms with Gasteiger partial charge in [0.1, 0.15) is 6.54 Å². The van der Waals surface area contributed by atoms with Crippen molar-refractivity contribution >= 4 is 11.9 Å². The molecule has 0 saturated heterocycles. The lowest BCUT2D eigenvalue weighted by molar-refractivity contribution is -0.145. The van der Waals surface area contributed by atoms with Crippen molar-refractivity contribution in [3.8, 4) is 0 Å². The third kappa shape index (κ3) is 5.02. The van der Waals surface area contributed by atoms with Gasteiger partial charge in [0.2, 0.25) is 5.91 Å².